The number of rotatable bonds is 6. The van der Waals surface area contributed by atoms with Crippen LogP contribution in [0.3, 0.4) is 0 Å². The van der Waals surface area contributed by atoms with Gasteiger partial charge in [-0.3, -0.25) is 19.3 Å². The Morgan fingerprint density at radius 3 is 2.29 bits per heavy atom. The summed E-state index contributed by atoms with van der Waals surface area (Å²) in [5.74, 6) is -1.96. The highest BCUT2D eigenvalue weighted by Crippen LogP contribution is 2.53. The van der Waals surface area contributed by atoms with Crippen LogP contribution < -0.4 is 4.90 Å². The van der Waals surface area contributed by atoms with E-state index in [0.717, 1.165) is 12.0 Å². The number of para-hydroxylation sites is 2. The van der Waals surface area contributed by atoms with Crippen molar-refractivity contribution in [1.82, 2.24) is 4.98 Å². The average molecular weight is 559 g/mol. The largest absolute Gasteiger partial charge is 0.507 e. The summed E-state index contributed by atoms with van der Waals surface area (Å²) in [6.07, 6.45) is 5.02. The molecule has 3 aliphatic rings. The lowest BCUT2D eigenvalue weighted by Gasteiger charge is -2.18. The highest BCUT2D eigenvalue weighted by molar-refractivity contribution is 6.23. The van der Waals surface area contributed by atoms with Gasteiger partial charge in [-0.05, 0) is 61.1 Å². The highest BCUT2D eigenvalue weighted by atomic mass is 16.5. The number of imide groups is 1. The van der Waals surface area contributed by atoms with Gasteiger partial charge in [-0.2, -0.15) is 0 Å². The van der Waals surface area contributed by atoms with E-state index in [1.807, 2.05) is 19.1 Å². The van der Waals surface area contributed by atoms with Crippen LogP contribution in [0, 0.1) is 30.6 Å². The number of aromatic nitrogens is 1. The van der Waals surface area contributed by atoms with Gasteiger partial charge in [0.2, 0.25) is 17.6 Å². The van der Waals surface area contributed by atoms with Gasteiger partial charge < -0.3 is 9.84 Å². The van der Waals surface area contributed by atoms with Gasteiger partial charge in [-0.1, -0.05) is 54.6 Å². The number of phenolic OH excluding ortho intramolecular Hbond substituents is 1. The minimum atomic E-state index is -0.697. The predicted octanol–water partition coefficient (Wildman–Crippen LogP) is 5.27. The second kappa shape index (κ2) is 9.76. The van der Waals surface area contributed by atoms with Crippen molar-refractivity contribution >= 4 is 40.2 Å². The van der Waals surface area contributed by atoms with Crippen molar-refractivity contribution in [3.05, 3.63) is 102 Å². The zero-order chi connectivity index (χ0) is 29.1. The van der Waals surface area contributed by atoms with Crippen molar-refractivity contribution in [2.75, 3.05) is 11.5 Å². The monoisotopic (exact) mass is 558 g/mol. The number of Topliss-reactive ketones (excluding diaryl/α,β-unsaturated/α-hetero) is 1. The molecule has 2 aliphatic carbocycles. The first-order valence-corrected chi connectivity index (χ1v) is 13.9. The van der Waals surface area contributed by atoms with Crippen LogP contribution >= 0.6 is 0 Å². The third-order valence-corrected chi connectivity index (χ3v) is 8.69. The van der Waals surface area contributed by atoms with Crippen LogP contribution in [0.2, 0.25) is 0 Å². The lowest BCUT2D eigenvalue weighted by atomic mass is 9.85. The Morgan fingerprint density at radius 1 is 0.905 bits per heavy atom. The molecular weight excluding hydrogens is 532 g/mol. The number of hydrogen-bond acceptors (Lipinski definition) is 7. The summed E-state index contributed by atoms with van der Waals surface area (Å²) in [6.45, 7) is 1.36. The molecule has 4 unspecified atom stereocenters. The van der Waals surface area contributed by atoms with Gasteiger partial charge in [-0.25, -0.2) is 9.78 Å². The topological polar surface area (TPSA) is 114 Å². The molecule has 1 aromatic heterocycles. The number of hydrogen-bond donors (Lipinski definition) is 1. The number of amides is 2. The molecule has 4 atom stereocenters. The summed E-state index contributed by atoms with van der Waals surface area (Å²) in [5.41, 5.74) is 3.48. The quantitative estimate of drug-likeness (QED) is 0.148. The molecule has 8 nitrogen and oxygen atoms in total. The number of benzene rings is 3. The number of carbonyl (C=O) groups excluding carboxylic acids is 4. The molecule has 1 N–H and O–H groups in total. The Morgan fingerprint density at radius 2 is 1.60 bits per heavy atom. The summed E-state index contributed by atoms with van der Waals surface area (Å²) >= 11 is 0. The molecule has 1 saturated heterocycles. The molecule has 0 spiro atoms. The number of phenols is 1. The van der Waals surface area contributed by atoms with Gasteiger partial charge >= 0.3 is 5.97 Å². The van der Waals surface area contributed by atoms with E-state index >= 15 is 0 Å². The Labute approximate surface area is 241 Å². The first-order valence-electron chi connectivity index (χ1n) is 13.9. The van der Waals surface area contributed by atoms with Crippen LogP contribution in [0.15, 0.2) is 84.9 Å². The molecule has 0 radical (unpaired) electrons. The van der Waals surface area contributed by atoms with Gasteiger partial charge in [0.05, 0.1) is 39.9 Å². The number of ether oxygens (including phenoxy) is 1. The Kier molecular flexibility index (Phi) is 6.01. The highest BCUT2D eigenvalue weighted by Gasteiger charge is 2.59. The van der Waals surface area contributed by atoms with Crippen LogP contribution in [-0.4, -0.2) is 40.3 Å². The Hall–Kier alpha value is -5.11. The molecule has 8 heteroatoms. The number of fused-ring (bicyclic) bond motifs is 6. The van der Waals surface area contributed by atoms with Crippen LogP contribution in [0.1, 0.15) is 32.7 Å². The number of ketones is 1. The number of nitrogens with zero attached hydrogens (tertiary/aromatic N) is 2. The molecule has 4 aromatic rings. The average Bonchev–Trinajstić information content (AvgIpc) is 3.69. The summed E-state index contributed by atoms with van der Waals surface area (Å²) < 4.78 is 5.39. The fraction of sp³-hybridized carbons (Fsp3) is 0.206. The lowest BCUT2D eigenvalue weighted by Crippen LogP contribution is -2.32. The summed E-state index contributed by atoms with van der Waals surface area (Å²) in [7, 11) is 0. The smallest absolute Gasteiger partial charge is 0.339 e. The van der Waals surface area contributed by atoms with Crippen molar-refractivity contribution < 1.29 is 29.0 Å². The number of anilines is 1. The maximum absolute atomic E-state index is 13.3. The minimum absolute atomic E-state index is 0.0732. The molecule has 2 amide bonds. The number of aryl methyl sites for hydroxylation is 1. The van der Waals surface area contributed by atoms with Crippen molar-refractivity contribution in [2.45, 2.75) is 13.3 Å². The van der Waals surface area contributed by atoms with E-state index in [1.54, 1.807) is 48.5 Å². The Bertz CT molecular complexity index is 1810. The molecule has 3 aromatic carbocycles. The van der Waals surface area contributed by atoms with Gasteiger partial charge in [0, 0.05) is 10.9 Å². The molecule has 7 rings (SSSR count). The van der Waals surface area contributed by atoms with E-state index in [1.165, 1.54) is 17.0 Å². The first kappa shape index (κ1) is 25.8. The number of aromatic hydroxyl groups is 1. The maximum atomic E-state index is 13.3. The molecule has 1 saturated carbocycles. The third kappa shape index (κ3) is 4.02. The van der Waals surface area contributed by atoms with E-state index in [2.05, 4.69) is 12.2 Å². The molecule has 2 bridgehead atoms. The van der Waals surface area contributed by atoms with E-state index in [-0.39, 0.29) is 52.4 Å². The van der Waals surface area contributed by atoms with E-state index in [0.29, 0.717) is 27.8 Å². The van der Waals surface area contributed by atoms with Crippen molar-refractivity contribution in [2.24, 2.45) is 23.7 Å². The van der Waals surface area contributed by atoms with Gasteiger partial charge in [0.15, 0.2) is 6.61 Å². The van der Waals surface area contributed by atoms with Crippen molar-refractivity contribution in [3.63, 3.8) is 0 Å². The van der Waals surface area contributed by atoms with Crippen molar-refractivity contribution in [1.29, 1.82) is 0 Å². The normalized spacial score (nSPS) is 22.2. The SMILES string of the molecule is Cc1cccc2c(C(=O)OCC(=O)c3ccccc3O)cc(-c3ccc(N4C(=O)C5C6C=CC(C6)C5C4=O)cc3)nc12. The van der Waals surface area contributed by atoms with Crippen LogP contribution in [0.25, 0.3) is 22.2 Å². The molecule has 2 fully saturated rings. The van der Waals surface area contributed by atoms with Crippen LogP contribution in [0.5, 0.6) is 5.75 Å². The molecule has 208 valence electrons. The number of allylic oxidation sites excluding steroid dienone is 2. The number of pyridine rings is 1. The fourth-order valence-corrected chi connectivity index (χ4v) is 6.64. The molecule has 42 heavy (non-hydrogen) atoms. The van der Waals surface area contributed by atoms with Gasteiger partial charge in [-0.15, -0.1) is 0 Å². The molecule has 1 aliphatic heterocycles. The second-order valence-electron chi connectivity index (χ2n) is 11.1. The molecule has 2 heterocycles. The second-order valence-corrected chi connectivity index (χ2v) is 11.1. The molecular formula is C34H26N2O6. The number of esters is 1. The predicted molar refractivity (Wildman–Crippen MR) is 155 cm³/mol. The minimum Gasteiger partial charge on any atom is -0.507 e. The zero-order valence-electron chi connectivity index (χ0n) is 22.7. The standard InChI is InChI=1S/C34H26N2O6/c1-18-5-4-7-23-25(34(41)42-17-28(38)24-6-2-3-8-27(24)37)16-26(35-31(18)23)19-11-13-22(14-12-19)36-32(39)29-20-9-10-21(15-20)30(29)33(36)40/h2-14,16,20-21,29-30,37H,15,17H2,1H3. The van der Waals surface area contributed by atoms with E-state index in [9.17, 15) is 24.3 Å². The third-order valence-electron chi connectivity index (χ3n) is 8.69. The summed E-state index contributed by atoms with van der Waals surface area (Å²) in [6, 6.07) is 20.2. The van der Waals surface area contributed by atoms with E-state index in [4.69, 9.17) is 9.72 Å². The first-order chi connectivity index (χ1) is 20.3. The van der Waals surface area contributed by atoms with Crippen molar-refractivity contribution in [3.8, 4) is 17.0 Å². The maximum Gasteiger partial charge on any atom is 0.339 e. The number of carbonyl (C=O) groups is 4. The lowest BCUT2D eigenvalue weighted by molar-refractivity contribution is -0.123. The fourth-order valence-electron chi connectivity index (χ4n) is 6.64. The van der Waals surface area contributed by atoms with Gasteiger partial charge in [0.1, 0.15) is 5.75 Å². The summed E-state index contributed by atoms with van der Waals surface area (Å²) in [5, 5.41) is 10.6. The zero-order valence-corrected chi connectivity index (χ0v) is 22.7. The summed E-state index contributed by atoms with van der Waals surface area (Å²) in [4.78, 5) is 58.5. The van der Waals surface area contributed by atoms with Crippen LogP contribution in [-0.2, 0) is 14.3 Å². The van der Waals surface area contributed by atoms with Gasteiger partial charge in [0.25, 0.3) is 0 Å². The Balaban J connectivity index is 1.18. The van der Waals surface area contributed by atoms with E-state index < -0.39 is 18.4 Å². The van der Waals surface area contributed by atoms with Crippen LogP contribution in [0.4, 0.5) is 5.69 Å².